The number of carbonyl (C=O) groups excluding carboxylic acids is 1. The van der Waals surface area contributed by atoms with Crippen LogP contribution in [0.15, 0.2) is 24.3 Å². The maximum Gasteiger partial charge on any atom is 0.241 e. The number of benzene rings is 1. The van der Waals surface area contributed by atoms with Crippen LogP contribution in [0.3, 0.4) is 0 Å². The number of thiocarbonyl (C=S) groups is 1. The molecular formula is C14H21ClN4O2S. The number of methoxy groups -OCH3 is 1. The highest BCUT2D eigenvalue weighted by atomic mass is 35.5. The van der Waals surface area contributed by atoms with E-state index in [9.17, 15) is 4.79 Å². The predicted molar refractivity (Wildman–Crippen MR) is 93.3 cm³/mol. The fraction of sp³-hybridized carbons (Fsp3) is 0.429. The van der Waals surface area contributed by atoms with Crippen molar-refractivity contribution < 1.29 is 9.53 Å². The highest BCUT2D eigenvalue weighted by Crippen LogP contribution is 2.14. The van der Waals surface area contributed by atoms with E-state index in [0.29, 0.717) is 5.11 Å². The number of carbonyl (C=O) groups is 1. The summed E-state index contributed by atoms with van der Waals surface area (Å²) in [5.41, 5.74) is 6.20. The number of anilines is 1. The molecule has 1 aromatic carbocycles. The molecule has 0 atom stereocenters. The van der Waals surface area contributed by atoms with Gasteiger partial charge in [-0.3, -0.25) is 15.6 Å². The molecule has 1 heterocycles. The number of hydrogen-bond donors (Lipinski definition) is 4. The topological polar surface area (TPSA) is 74.4 Å². The van der Waals surface area contributed by atoms with Gasteiger partial charge in [-0.15, -0.1) is 12.4 Å². The van der Waals surface area contributed by atoms with Gasteiger partial charge in [0.25, 0.3) is 0 Å². The molecule has 8 heteroatoms. The molecule has 1 fully saturated rings. The summed E-state index contributed by atoms with van der Waals surface area (Å²) in [6.45, 7) is 1.76. The molecule has 1 aliphatic rings. The lowest BCUT2D eigenvalue weighted by molar-refractivity contribution is -0.126. The highest BCUT2D eigenvalue weighted by Gasteiger charge is 2.20. The number of ether oxygens (including phenoxy) is 1. The minimum atomic E-state index is -0.0182. The zero-order valence-electron chi connectivity index (χ0n) is 12.3. The third-order valence-electron chi connectivity index (χ3n) is 3.36. The van der Waals surface area contributed by atoms with Crippen LogP contribution in [0, 0.1) is 5.92 Å². The van der Waals surface area contributed by atoms with E-state index in [0.717, 1.165) is 37.4 Å². The van der Waals surface area contributed by atoms with E-state index in [1.165, 1.54) is 0 Å². The standard InChI is InChI=1S/C14H20N4O2S.ClH/c1-20-12-4-2-11(3-5-12)16-14(21)18-17-13(19)10-6-8-15-9-7-10;/h2-5,10,15H,6-9H2,1H3,(H,17,19)(H2,16,18,21);1H. The van der Waals surface area contributed by atoms with E-state index < -0.39 is 0 Å². The molecule has 4 N–H and O–H groups in total. The maximum atomic E-state index is 11.9. The van der Waals surface area contributed by atoms with E-state index in [-0.39, 0.29) is 24.2 Å². The van der Waals surface area contributed by atoms with E-state index >= 15 is 0 Å². The van der Waals surface area contributed by atoms with Crippen molar-refractivity contribution in [3.05, 3.63) is 24.3 Å². The second-order valence-electron chi connectivity index (χ2n) is 4.82. The summed E-state index contributed by atoms with van der Waals surface area (Å²) >= 11 is 5.14. The number of piperidine rings is 1. The van der Waals surface area contributed by atoms with E-state index in [4.69, 9.17) is 17.0 Å². The zero-order valence-corrected chi connectivity index (χ0v) is 14.0. The van der Waals surface area contributed by atoms with E-state index in [1.54, 1.807) is 7.11 Å². The van der Waals surface area contributed by atoms with E-state index in [2.05, 4.69) is 21.5 Å². The Morgan fingerprint density at radius 1 is 1.23 bits per heavy atom. The van der Waals surface area contributed by atoms with Crippen LogP contribution >= 0.6 is 24.6 Å². The molecular weight excluding hydrogens is 324 g/mol. The summed E-state index contributed by atoms with van der Waals surface area (Å²) in [5, 5.41) is 6.57. The molecule has 0 aromatic heterocycles. The molecule has 1 aromatic rings. The Balaban J connectivity index is 0.00000242. The lowest BCUT2D eigenvalue weighted by Gasteiger charge is -2.22. The van der Waals surface area contributed by atoms with Crippen LogP contribution in [0.25, 0.3) is 0 Å². The molecule has 2 rings (SSSR count). The molecule has 0 saturated carbocycles. The molecule has 0 aliphatic carbocycles. The van der Waals surface area contributed by atoms with Gasteiger partial charge in [0.05, 0.1) is 7.11 Å². The van der Waals surface area contributed by atoms with Crippen molar-refractivity contribution in [2.45, 2.75) is 12.8 Å². The molecule has 1 aliphatic heterocycles. The number of halogens is 1. The van der Waals surface area contributed by atoms with Gasteiger partial charge in [-0.05, 0) is 62.4 Å². The van der Waals surface area contributed by atoms with Crippen molar-refractivity contribution in [2.24, 2.45) is 5.92 Å². The van der Waals surface area contributed by atoms with Crippen molar-refractivity contribution in [2.75, 3.05) is 25.5 Å². The van der Waals surface area contributed by atoms with Gasteiger partial charge in [0.15, 0.2) is 5.11 Å². The van der Waals surface area contributed by atoms with Crippen LogP contribution in [0.4, 0.5) is 5.69 Å². The summed E-state index contributed by atoms with van der Waals surface area (Å²) in [6.07, 6.45) is 1.71. The lowest BCUT2D eigenvalue weighted by Crippen LogP contribution is -2.48. The van der Waals surface area contributed by atoms with Gasteiger partial charge in [0.1, 0.15) is 5.75 Å². The first-order valence-electron chi connectivity index (χ1n) is 6.90. The average Bonchev–Trinajstić information content (AvgIpc) is 2.54. The minimum Gasteiger partial charge on any atom is -0.497 e. The SMILES string of the molecule is COc1ccc(NC(=S)NNC(=O)C2CCNCC2)cc1.Cl. The van der Waals surface area contributed by atoms with Crippen molar-refractivity contribution in [3.63, 3.8) is 0 Å². The van der Waals surface area contributed by atoms with Crippen molar-refractivity contribution in [1.82, 2.24) is 16.2 Å². The van der Waals surface area contributed by atoms with Crippen LogP contribution in [0.5, 0.6) is 5.75 Å². The van der Waals surface area contributed by atoms with Crippen molar-refractivity contribution in [1.29, 1.82) is 0 Å². The van der Waals surface area contributed by atoms with Gasteiger partial charge in [0.2, 0.25) is 5.91 Å². The second-order valence-corrected chi connectivity index (χ2v) is 5.23. The molecule has 0 spiro atoms. The van der Waals surface area contributed by atoms with Crippen LogP contribution in [-0.2, 0) is 4.79 Å². The number of amides is 1. The van der Waals surface area contributed by atoms with Gasteiger partial charge in [-0.2, -0.15) is 0 Å². The molecule has 6 nitrogen and oxygen atoms in total. The van der Waals surface area contributed by atoms with Crippen LogP contribution in [0.1, 0.15) is 12.8 Å². The first-order valence-corrected chi connectivity index (χ1v) is 7.31. The number of nitrogens with one attached hydrogen (secondary N) is 4. The van der Waals surface area contributed by atoms with Crippen LogP contribution < -0.4 is 26.2 Å². The van der Waals surface area contributed by atoms with Gasteiger partial charge in [-0.25, -0.2) is 0 Å². The van der Waals surface area contributed by atoms with Gasteiger partial charge < -0.3 is 15.4 Å². The molecule has 122 valence electrons. The summed E-state index contributed by atoms with van der Waals surface area (Å²) < 4.78 is 5.08. The maximum absolute atomic E-state index is 11.9. The average molecular weight is 345 g/mol. The number of rotatable bonds is 3. The second kappa shape index (κ2) is 9.45. The first-order chi connectivity index (χ1) is 10.2. The summed E-state index contributed by atoms with van der Waals surface area (Å²) in [7, 11) is 1.62. The fourth-order valence-electron chi connectivity index (χ4n) is 2.14. The zero-order chi connectivity index (χ0) is 15.1. The summed E-state index contributed by atoms with van der Waals surface area (Å²) in [6, 6.07) is 7.36. The van der Waals surface area contributed by atoms with Crippen LogP contribution in [0.2, 0.25) is 0 Å². The molecule has 1 saturated heterocycles. The Hall–Kier alpha value is -1.57. The molecule has 0 unspecified atom stereocenters. The van der Waals surface area contributed by atoms with Crippen molar-refractivity contribution in [3.8, 4) is 5.75 Å². The smallest absolute Gasteiger partial charge is 0.241 e. The summed E-state index contributed by atoms with van der Waals surface area (Å²) in [4.78, 5) is 11.9. The largest absolute Gasteiger partial charge is 0.497 e. The minimum absolute atomic E-state index is 0. The Kier molecular flexibility index (Phi) is 7.94. The normalized spacial score (nSPS) is 14.4. The quantitative estimate of drug-likeness (QED) is 0.491. The molecule has 0 radical (unpaired) electrons. The number of hydrogen-bond acceptors (Lipinski definition) is 4. The predicted octanol–water partition coefficient (Wildman–Crippen LogP) is 1.43. The Morgan fingerprint density at radius 2 is 1.86 bits per heavy atom. The summed E-state index contributed by atoms with van der Waals surface area (Å²) in [5.74, 6) is 0.802. The molecule has 22 heavy (non-hydrogen) atoms. The number of hydrazine groups is 1. The fourth-order valence-corrected chi connectivity index (χ4v) is 2.31. The third kappa shape index (κ3) is 5.67. The monoisotopic (exact) mass is 344 g/mol. The van der Waals surface area contributed by atoms with Gasteiger partial charge >= 0.3 is 0 Å². The first kappa shape index (κ1) is 18.5. The van der Waals surface area contributed by atoms with Gasteiger partial charge in [0, 0.05) is 11.6 Å². The van der Waals surface area contributed by atoms with Crippen molar-refractivity contribution >= 4 is 41.3 Å². The lowest BCUT2D eigenvalue weighted by atomic mass is 9.98. The Labute approximate surface area is 141 Å². The molecule has 1 amide bonds. The Morgan fingerprint density at radius 3 is 2.45 bits per heavy atom. The van der Waals surface area contributed by atoms with E-state index in [1.807, 2.05) is 24.3 Å². The highest BCUT2D eigenvalue weighted by molar-refractivity contribution is 7.80. The molecule has 0 bridgehead atoms. The van der Waals surface area contributed by atoms with Crippen LogP contribution in [-0.4, -0.2) is 31.2 Å². The third-order valence-corrected chi connectivity index (χ3v) is 3.56. The Bertz CT molecular complexity index is 492. The van der Waals surface area contributed by atoms with Gasteiger partial charge in [-0.1, -0.05) is 0 Å².